The van der Waals surface area contributed by atoms with E-state index in [0.29, 0.717) is 0 Å². The van der Waals surface area contributed by atoms with E-state index < -0.39 is 0 Å². The maximum atomic E-state index is 4.80. The molecule has 0 bridgehead atoms. The van der Waals surface area contributed by atoms with Gasteiger partial charge in [0.2, 0.25) is 0 Å². The van der Waals surface area contributed by atoms with Gasteiger partial charge in [-0.1, -0.05) is 45.0 Å². The molecule has 0 amide bonds. The average Bonchev–Trinajstić information content (AvgIpc) is 3.33. The van der Waals surface area contributed by atoms with Crippen LogP contribution in [0, 0.1) is 0 Å². The minimum atomic E-state index is 0.0433. The second kappa shape index (κ2) is 6.34. The summed E-state index contributed by atoms with van der Waals surface area (Å²) >= 11 is 3.54. The lowest BCUT2D eigenvalue weighted by Crippen LogP contribution is -2.12. The van der Waals surface area contributed by atoms with E-state index in [0.717, 1.165) is 16.1 Å². The van der Waals surface area contributed by atoms with E-state index in [1.54, 1.807) is 29.0 Å². The number of benzene rings is 3. The van der Waals surface area contributed by atoms with Gasteiger partial charge in [-0.2, -0.15) is 0 Å². The fraction of sp³-hybridized carbons (Fsp3) is 0.154. The van der Waals surface area contributed by atoms with E-state index in [2.05, 4.69) is 85.7 Å². The molecule has 0 saturated heterocycles. The largest absolute Gasteiger partial charge is 0.236 e. The maximum absolute atomic E-state index is 4.80. The summed E-state index contributed by atoms with van der Waals surface area (Å²) in [5, 5.41) is 8.46. The van der Waals surface area contributed by atoms with Gasteiger partial charge in [-0.05, 0) is 62.8 Å². The van der Waals surface area contributed by atoms with Crippen LogP contribution in [0.15, 0.2) is 66.3 Å². The van der Waals surface area contributed by atoms with Crippen LogP contribution in [0.5, 0.6) is 0 Å². The smallest absolute Gasteiger partial charge is 0.128 e. The second-order valence-corrected chi connectivity index (χ2v) is 10.8. The minimum Gasteiger partial charge on any atom is -0.236 e. The third-order valence-electron chi connectivity index (χ3n) is 5.79. The zero-order valence-corrected chi connectivity index (χ0v) is 18.7. The molecule has 0 radical (unpaired) electrons. The highest BCUT2D eigenvalue weighted by atomic mass is 32.1. The van der Waals surface area contributed by atoms with E-state index in [-0.39, 0.29) is 5.41 Å². The van der Waals surface area contributed by atoms with Crippen molar-refractivity contribution in [2.24, 2.45) is 0 Å². The summed E-state index contributed by atoms with van der Waals surface area (Å²) in [6.07, 6.45) is 1.71. The molecule has 146 valence electrons. The van der Waals surface area contributed by atoms with Crippen LogP contribution in [0.3, 0.4) is 0 Å². The molecule has 0 aliphatic heterocycles. The summed E-state index contributed by atoms with van der Waals surface area (Å²) in [4.78, 5) is 10.5. The highest BCUT2D eigenvalue weighted by Crippen LogP contribution is 2.42. The molecule has 0 aliphatic rings. The Morgan fingerprint density at radius 3 is 2.53 bits per heavy atom. The predicted molar refractivity (Wildman–Crippen MR) is 132 cm³/mol. The van der Waals surface area contributed by atoms with Gasteiger partial charge in [-0.3, -0.25) is 0 Å². The zero-order valence-electron chi connectivity index (χ0n) is 17.1. The van der Waals surface area contributed by atoms with Gasteiger partial charge in [0.1, 0.15) is 11.2 Å². The molecule has 0 aliphatic carbocycles. The fourth-order valence-corrected chi connectivity index (χ4v) is 6.23. The molecule has 2 nitrogen and oxygen atoms in total. The van der Waals surface area contributed by atoms with Crippen molar-refractivity contribution >= 4 is 63.8 Å². The van der Waals surface area contributed by atoms with Crippen LogP contribution in [0.1, 0.15) is 26.3 Å². The first-order valence-corrected chi connectivity index (χ1v) is 11.8. The first-order valence-electron chi connectivity index (χ1n) is 10.1. The Hall–Kier alpha value is -2.82. The highest BCUT2D eigenvalue weighted by molar-refractivity contribution is 7.25. The van der Waals surface area contributed by atoms with Crippen molar-refractivity contribution in [1.82, 2.24) is 9.97 Å². The molecule has 3 aromatic heterocycles. The summed E-state index contributed by atoms with van der Waals surface area (Å²) in [5.41, 5.74) is 3.58. The molecule has 0 atom stereocenters. The van der Waals surface area contributed by atoms with Crippen LogP contribution < -0.4 is 0 Å². The van der Waals surface area contributed by atoms with E-state index in [1.165, 1.54) is 41.9 Å². The number of fused-ring (bicyclic) bond motifs is 5. The molecular weight excluding hydrogens is 404 g/mol. The summed E-state index contributed by atoms with van der Waals surface area (Å²) in [6.45, 7) is 6.84. The third kappa shape index (κ3) is 2.68. The van der Waals surface area contributed by atoms with Crippen LogP contribution in [0.2, 0.25) is 0 Å². The van der Waals surface area contributed by atoms with E-state index >= 15 is 0 Å². The van der Waals surface area contributed by atoms with Gasteiger partial charge >= 0.3 is 0 Å². The quantitative estimate of drug-likeness (QED) is 0.266. The van der Waals surface area contributed by atoms with Crippen molar-refractivity contribution in [2.75, 3.05) is 0 Å². The maximum Gasteiger partial charge on any atom is 0.128 e. The first kappa shape index (κ1) is 18.0. The lowest BCUT2D eigenvalue weighted by molar-refractivity contribution is 0.596. The van der Waals surface area contributed by atoms with E-state index in [1.807, 2.05) is 0 Å². The number of hydrogen-bond acceptors (Lipinski definition) is 4. The van der Waals surface area contributed by atoms with Gasteiger partial charge < -0.3 is 0 Å². The van der Waals surface area contributed by atoms with Gasteiger partial charge in [0.25, 0.3) is 0 Å². The number of aromatic nitrogens is 2. The molecule has 6 rings (SSSR count). The van der Waals surface area contributed by atoms with Crippen molar-refractivity contribution in [3.63, 3.8) is 0 Å². The molecular formula is C26H20N2S2. The normalized spacial score (nSPS) is 12.5. The molecule has 30 heavy (non-hydrogen) atoms. The number of thiophene rings is 2. The average molecular weight is 425 g/mol. The van der Waals surface area contributed by atoms with Gasteiger partial charge in [0.15, 0.2) is 0 Å². The van der Waals surface area contributed by atoms with E-state index in [4.69, 9.17) is 4.98 Å². The van der Waals surface area contributed by atoms with Crippen molar-refractivity contribution in [1.29, 1.82) is 0 Å². The Kier molecular flexibility index (Phi) is 3.80. The molecule has 3 aromatic carbocycles. The van der Waals surface area contributed by atoms with Crippen LogP contribution in [0.25, 0.3) is 52.4 Å². The van der Waals surface area contributed by atoms with Crippen molar-refractivity contribution < 1.29 is 0 Å². The Bertz CT molecular complexity index is 1580. The fourth-order valence-electron chi connectivity index (χ4n) is 4.35. The third-order valence-corrected chi connectivity index (χ3v) is 7.73. The van der Waals surface area contributed by atoms with Crippen molar-refractivity contribution in [2.45, 2.75) is 26.2 Å². The predicted octanol–water partition coefficient (Wildman–Crippen LogP) is 8.18. The Balaban J connectivity index is 1.72. The Morgan fingerprint density at radius 1 is 0.800 bits per heavy atom. The van der Waals surface area contributed by atoms with Crippen LogP contribution in [-0.4, -0.2) is 9.97 Å². The summed E-state index contributed by atoms with van der Waals surface area (Å²) < 4.78 is 2.58. The summed E-state index contributed by atoms with van der Waals surface area (Å²) in [6, 6.07) is 20.1. The van der Waals surface area contributed by atoms with Gasteiger partial charge in [0, 0.05) is 25.7 Å². The molecule has 0 spiro atoms. The highest BCUT2D eigenvalue weighted by Gasteiger charge is 2.20. The number of rotatable bonds is 1. The standard InChI is InChI=1S/C26H20N2S2/c1-26(2,3)20-11-17(10-15-6-4-5-7-18(15)20)24-23-19-13-21-16(8-9-29-21)12-22(19)30-25(23)28-14-27-24/h4-14H,1-3H3. The number of hydrogen-bond donors (Lipinski definition) is 0. The molecule has 0 saturated carbocycles. The summed E-state index contributed by atoms with van der Waals surface area (Å²) in [5.74, 6) is 0. The zero-order chi connectivity index (χ0) is 20.5. The Morgan fingerprint density at radius 2 is 1.67 bits per heavy atom. The molecule has 6 aromatic rings. The number of nitrogens with zero attached hydrogens (tertiary/aromatic N) is 2. The lowest BCUT2D eigenvalue weighted by Gasteiger charge is -2.22. The van der Waals surface area contributed by atoms with Gasteiger partial charge in [-0.25, -0.2) is 9.97 Å². The van der Waals surface area contributed by atoms with Crippen molar-refractivity contribution in [3.8, 4) is 11.3 Å². The molecule has 4 heteroatoms. The van der Waals surface area contributed by atoms with Crippen LogP contribution in [0.4, 0.5) is 0 Å². The molecule has 0 N–H and O–H groups in total. The Labute approximate surface area is 182 Å². The minimum absolute atomic E-state index is 0.0433. The molecule has 3 heterocycles. The van der Waals surface area contributed by atoms with Crippen LogP contribution >= 0.6 is 22.7 Å². The van der Waals surface area contributed by atoms with Crippen molar-refractivity contribution in [3.05, 3.63) is 71.9 Å². The van der Waals surface area contributed by atoms with E-state index in [9.17, 15) is 0 Å². The first-order chi connectivity index (χ1) is 14.5. The molecule has 0 fully saturated rings. The second-order valence-electron chi connectivity index (χ2n) is 8.81. The molecule has 0 unspecified atom stereocenters. The topological polar surface area (TPSA) is 25.8 Å². The van der Waals surface area contributed by atoms with Gasteiger partial charge in [0.05, 0.1) is 5.69 Å². The van der Waals surface area contributed by atoms with Gasteiger partial charge in [-0.15, -0.1) is 22.7 Å². The lowest BCUT2D eigenvalue weighted by atomic mass is 9.82. The summed E-state index contributed by atoms with van der Waals surface area (Å²) in [7, 11) is 0. The monoisotopic (exact) mass is 424 g/mol. The SMILES string of the molecule is CC(C)(C)c1cc(-c2ncnc3sc4cc5ccsc5cc4c23)cc2ccccc12. The van der Waals surface area contributed by atoms with Crippen LogP contribution in [-0.2, 0) is 5.41 Å².